The monoisotopic (exact) mass is 436 g/mol. The lowest BCUT2D eigenvalue weighted by Gasteiger charge is -2.12. The largest absolute Gasteiger partial charge is 0.419 e. The minimum atomic E-state index is -4.96. The molecule has 0 fully saturated rings. The highest BCUT2D eigenvalue weighted by Crippen LogP contribution is 2.36. The third-order valence-corrected chi connectivity index (χ3v) is 4.44. The van der Waals surface area contributed by atoms with Crippen LogP contribution in [0.5, 0.6) is 0 Å². The summed E-state index contributed by atoms with van der Waals surface area (Å²) in [5.74, 6) is -1.47. The van der Waals surface area contributed by atoms with E-state index in [-0.39, 0.29) is 28.3 Å². The molecule has 0 N–H and O–H groups in total. The lowest BCUT2D eigenvalue weighted by Crippen LogP contribution is -2.09. The molecule has 6 nitrogen and oxygen atoms in total. The topological polar surface area (TPSA) is 71.8 Å². The summed E-state index contributed by atoms with van der Waals surface area (Å²) in [4.78, 5) is 7.97. The van der Waals surface area contributed by atoms with E-state index >= 15 is 0 Å². The first-order chi connectivity index (χ1) is 14.7. The predicted molar refractivity (Wildman–Crippen MR) is 95.3 cm³/mol. The number of benzene rings is 1. The van der Waals surface area contributed by atoms with Crippen molar-refractivity contribution in [1.29, 1.82) is 5.26 Å². The third-order valence-electron chi connectivity index (χ3n) is 4.44. The minimum absolute atomic E-state index is 0.0143. The average Bonchev–Trinajstić information content (AvgIpc) is 3.30. The number of aromatic nitrogens is 5. The fourth-order valence-corrected chi connectivity index (χ4v) is 3.11. The lowest BCUT2D eigenvalue weighted by atomic mass is 10.0. The van der Waals surface area contributed by atoms with Crippen molar-refractivity contribution in [2.75, 3.05) is 0 Å². The van der Waals surface area contributed by atoms with Crippen molar-refractivity contribution in [3.8, 4) is 28.7 Å². The van der Waals surface area contributed by atoms with Gasteiger partial charge in [-0.3, -0.25) is 0 Å². The van der Waals surface area contributed by atoms with Crippen LogP contribution in [0.1, 0.15) is 11.3 Å². The molecule has 4 rings (SSSR count). The van der Waals surface area contributed by atoms with Gasteiger partial charge in [-0.2, -0.15) is 23.5 Å². The first-order valence-electron chi connectivity index (χ1n) is 8.64. The Balaban J connectivity index is 1.95. The fourth-order valence-electron chi connectivity index (χ4n) is 3.11. The van der Waals surface area contributed by atoms with Crippen LogP contribution in [0.3, 0.4) is 0 Å². The molecule has 0 atom stereocenters. The molecule has 0 aliphatic heterocycles. The average molecular weight is 436 g/mol. The van der Waals surface area contributed by atoms with E-state index < -0.39 is 30.5 Å². The summed E-state index contributed by atoms with van der Waals surface area (Å²) in [5, 5.41) is 13.4. The van der Waals surface area contributed by atoms with Crippen LogP contribution in [0.15, 0.2) is 42.9 Å². The van der Waals surface area contributed by atoms with Gasteiger partial charge in [0.1, 0.15) is 17.6 Å². The second-order valence-electron chi connectivity index (χ2n) is 6.42. The number of nitrogens with zero attached hydrogens (tertiary/aromatic N) is 6. The molecule has 12 heteroatoms. The number of imidazole rings is 2. The smallest absolute Gasteiger partial charge is 0.323 e. The fraction of sp³-hybridized carbons (Fsp3) is 0.158. The molecule has 0 bridgehead atoms. The van der Waals surface area contributed by atoms with Crippen molar-refractivity contribution in [3.63, 3.8) is 0 Å². The van der Waals surface area contributed by atoms with Crippen molar-refractivity contribution in [3.05, 3.63) is 59.9 Å². The first kappa shape index (κ1) is 20.4. The second-order valence-corrected chi connectivity index (χ2v) is 6.42. The lowest BCUT2D eigenvalue weighted by molar-refractivity contribution is -0.139. The van der Waals surface area contributed by atoms with Gasteiger partial charge in [0.25, 0.3) is 6.43 Å². The maximum Gasteiger partial charge on any atom is 0.419 e. The van der Waals surface area contributed by atoms with Crippen LogP contribution in [0.2, 0.25) is 0 Å². The molecule has 0 saturated carbocycles. The van der Waals surface area contributed by atoms with Crippen LogP contribution in [0, 0.1) is 17.1 Å². The van der Waals surface area contributed by atoms with Crippen molar-refractivity contribution in [2.45, 2.75) is 19.1 Å². The van der Waals surface area contributed by atoms with Crippen LogP contribution < -0.4 is 0 Å². The Bertz CT molecular complexity index is 1310. The summed E-state index contributed by atoms with van der Waals surface area (Å²) < 4.78 is 81.6. The predicted octanol–water partition coefficient (Wildman–Crippen LogP) is 4.55. The van der Waals surface area contributed by atoms with Gasteiger partial charge in [0.2, 0.25) is 0 Å². The van der Waals surface area contributed by atoms with Gasteiger partial charge < -0.3 is 4.57 Å². The molecule has 0 spiro atoms. The van der Waals surface area contributed by atoms with Gasteiger partial charge >= 0.3 is 6.18 Å². The SMILES string of the molecule is N#Cc1cnc2ccc(-c3c(-c4ccc(F)c(C(F)(F)F)c4)ncn3CC(F)F)nn12. The Kier molecular flexibility index (Phi) is 4.88. The Morgan fingerprint density at radius 2 is 1.87 bits per heavy atom. The normalized spacial score (nSPS) is 11.9. The molecule has 31 heavy (non-hydrogen) atoms. The molecule has 3 aromatic heterocycles. The molecule has 158 valence electrons. The van der Waals surface area contributed by atoms with Crippen molar-refractivity contribution >= 4 is 5.65 Å². The molecule has 4 aromatic rings. The van der Waals surface area contributed by atoms with Gasteiger partial charge in [-0.05, 0) is 30.3 Å². The molecule has 0 aliphatic carbocycles. The van der Waals surface area contributed by atoms with E-state index in [1.165, 1.54) is 22.8 Å². The van der Waals surface area contributed by atoms with Gasteiger partial charge in [-0.1, -0.05) is 0 Å². The van der Waals surface area contributed by atoms with E-state index in [4.69, 9.17) is 0 Å². The van der Waals surface area contributed by atoms with Crippen molar-refractivity contribution in [1.82, 2.24) is 24.1 Å². The van der Waals surface area contributed by atoms with E-state index in [2.05, 4.69) is 15.1 Å². The van der Waals surface area contributed by atoms with Crippen LogP contribution in [0.25, 0.3) is 28.3 Å². The van der Waals surface area contributed by atoms with E-state index in [9.17, 15) is 31.6 Å². The summed E-state index contributed by atoms with van der Waals surface area (Å²) >= 11 is 0. The number of nitriles is 1. The molecule has 0 amide bonds. The quantitative estimate of drug-likeness (QED) is 0.440. The molecule has 0 saturated heterocycles. The van der Waals surface area contributed by atoms with E-state index in [1.54, 1.807) is 0 Å². The zero-order valence-electron chi connectivity index (χ0n) is 15.3. The number of hydrogen-bond acceptors (Lipinski definition) is 4. The van der Waals surface area contributed by atoms with Gasteiger partial charge in [-0.25, -0.2) is 27.7 Å². The number of halogens is 6. The van der Waals surface area contributed by atoms with Gasteiger partial charge in [-0.15, -0.1) is 0 Å². The minimum Gasteiger partial charge on any atom is -0.323 e. The number of alkyl halides is 5. The molecule has 3 heterocycles. The highest BCUT2D eigenvalue weighted by Gasteiger charge is 2.34. The number of hydrogen-bond donors (Lipinski definition) is 0. The molecule has 0 unspecified atom stereocenters. The van der Waals surface area contributed by atoms with E-state index in [1.807, 2.05) is 6.07 Å². The van der Waals surface area contributed by atoms with E-state index in [0.717, 1.165) is 17.0 Å². The van der Waals surface area contributed by atoms with Crippen molar-refractivity contribution < 1.29 is 26.3 Å². The standard InChI is InChI=1S/C19H10F6N6/c20-13-2-1-10(5-12(13)19(23,24)25)17-18(30(9-28-17)8-15(21)22)14-3-4-16-27-7-11(6-26)31(16)29-14/h1-5,7,9,15H,8H2. The number of fused-ring (bicyclic) bond motifs is 1. The Labute approximate surface area is 170 Å². The summed E-state index contributed by atoms with van der Waals surface area (Å²) in [6.45, 7) is -0.801. The third kappa shape index (κ3) is 3.70. The molecule has 1 aromatic carbocycles. The Morgan fingerprint density at radius 3 is 2.55 bits per heavy atom. The van der Waals surface area contributed by atoms with Gasteiger partial charge in [0.15, 0.2) is 11.3 Å². The molecular formula is C19H10F6N6. The van der Waals surface area contributed by atoms with Crippen LogP contribution in [0.4, 0.5) is 26.3 Å². The summed E-state index contributed by atoms with van der Waals surface area (Å²) in [5.41, 5.74) is -1.32. The highest BCUT2D eigenvalue weighted by atomic mass is 19.4. The zero-order valence-corrected chi connectivity index (χ0v) is 15.3. The molecular weight excluding hydrogens is 426 g/mol. The van der Waals surface area contributed by atoms with Gasteiger partial charge in [0, 0.05) is 5.56 Å². The Hall–Kier alpha value is -3.88. The first-order valence-corrected chi connectivity index (χ1v) is 8.64. The summed E-state index contributed by atoms with van der Waals surface area (Å²) in [7, 11) is 0. The van der Waals surface area contributed by atoms with E-state index in [0.29, 0.717) is 17.8 Å². The highest BCUT2D eigenvalue weighted by molar-refractivity contribution is 5.77. The molecule has 0 radical (unpaired) electrons. The number of rotatable bonds is 4. The van der Waals surface area contributed by atoms with Gasteiger partial charge in [0.05, 0.1) is 36.0 Å². The second kappa shape index (κ2) is 7.42. The van der Waals surface area contributed by atoms with Crippen molar-refractivity contribution in [2.24, 2.45) is 0 Å². The van der Waals surface area contributed by atoms with Crippen LogP contribution >= 0.6 is 0 Å². The molecule has 0 aliphatic rings. The summed E-state index contributed by atoms with van der Waals surface area (Å²) in [6, 6.07) is 7.02. The van der Waals surface area contributed by atoms with Crippen LogP contribution in [-0.2, 0) is 12.7 Å². The maximum absolute atomic E-state index is 13.7. The Morgan fingerprint density at radius 1 is 1.10 bits per heavy atom. The maximum atomic E-state index is 13.7. The zero-order chi connectivity index (χ0) is 22.3. The summed E-state index contributed by atoms with van der Waals surface area (Å²) in [6.07, 6.45) is -5.44. The van der Waals surface area contributed by atoms with Crippen LogP contribution in [-0.4, -0.2) is 30.6 Å².